The molecular formula is C33H28N3+. The predicted octanol–water partition coefficient (Wildman–Crippen LogP) is 7.47. The minimum atomic E-state index is 1.02. The molecule has 0 aliphatic heterocycles. The SMILES string of the molecule is Cc1cc(C)c(-c2n(-c3c(-c4ccccc4)cccc3-c3ccccc3)c3ccccc3[n+]2C)cn1. The summed E-state index contributed by atoms with van der Waals surface area (Å²) < 4.78 is 4.73. The fourth-order valence-corrected chi connectivity index (χ4v) is 5.26. The first-order valence-electron chi connectivity index (χ1n) is 12.3. The first-order chi connectivity index (χ1) is 17.6. The Bertz CT molecular complexity index is 1640. The summed E-state index contributed by atoms with van der Waals surface area (Å²) in [4.78, 5) is 4.70. The minimum absolute atomic E-state index is 1.02. The van der Waals surface area contributed by atoms with Crippen LogP contribution in [-0.4, -0.2) is 9.55 Å². The molecule has 0 saturated heterocycles. The monoisotopic (exact) mass is 466 g/mol. The molecule has 0 aliphatic carbocycles. The highest BCUT2D eigenvalue weighted by molar-refractivity contribution is 5.90. The Hall–Kier alpha value is -4.50. The average Bonchev–Trinajstić information content (AvgIpc) is 3.21. The van der Waals surface area contributed by atoms with Crippen molar-refractivity contribution < 1.29 is 4.57 Å². The molecule has 0 unspecified atom stereocenters. The number of aromatic nitrogens is 3. The summed E-state index contributed by atoms with van der Waals surface area (Å²) in [5, 5.41) is 0. The van der Waals surface area contributed by atoms with Crippen LogP contribution in [0.1, 0.15) is 11.3 Å². The first kappa shape index (κ1) is 22.0. The number of hydrogen-bond acceptors (Lipinski definition) is 1. The molecule has 0 atom stereocenters. The number of nitrogens with zero attached hydrogens (tertiary/aromatic N) is 3. The topological polar surface area (TPSA) is 21.7 Å². The highest BCUT2D eigenvalue weighted by atomic mass is 15.2. The van der Waals surface area contributed by atoms with Crippen molar-refractivity contribution in [2.24, 2.45) is 7.05 Å². The molecule has 36 heavy (non-hydrogen) atoms. The number of aryl methyl sites for hydroxylation is 3. The number of rotatable bonds is 4. The summed E-state index contributed by atoms with van der Waals surface area (Å²) in [5.74, 6) is 1.11. The maximum absolute atomic E-state index is 4.70. The Kier molecular flexibility index (Phi) is 5.46. The lowest BCUT2D eigenvalue weighted by molar-refractivity contribution is -0.633. The molecule has 6 aromatic rings. The van der Waals surface area contributed by atoms with E-state index in [0.29, 0.717) is 0 Å². The molecule has 3 nitrogen and oxygen atoms in total. The van der Waals surface area contributed by atoms with Crippen LogP contribution in [0.25, 0.3) is 50.4 Å². The number of benzene rings is 4. The smallest absolute Gasteiger partial charge is 0.261 e. The quantitative estimate of drug-likeness (QED) is 0.247. The Morgan fingerprint density at radius 3 is 1.83 bits per heavy atom. The van der Waals surface area contributed by atoms with E-state index in [4.69, 9.17) is 4.98 Å². The maximum Gasteiger partial charge on any atom is 0.296 e. The summed E-state index contributed by atoms with van der Waals surface area (Å²) in [6, 6.07) is 38.8. The van der Waals surface area contributed by atoms with E-state index in [-0.39, 0.29) is 0 Å². The van der Waals surface area contributed by atoms with Gasteiger partial charge >= 0.3 is 0 Å². The van der Waals surface area contributed by atoms with Crippen LogP contribution >= 0.6 is 0 Å². The highest BCUT2D eigenvalue weighted by Crippen LogP contribution is 2.39. The van der Waals surface area contributed by atoms with Crippen molar-refractivity contribution in [3.05, 3.63) is 127 Å². The fraction of sp³-hybridized carbons (Fsp3) is 0.0909. The molecule has 4 aromatic carbocycles. The minimum Gasteiger partial charge on any atom is -0.261 e. The normalized spacial score (nSPS) is 11.2. The summed E-state index contributed by atoms with van der Waals surface area (Å²) >= 11 is 0. The zero-order chi connectivity index (χ0) is 24.6. The fourth-order valence-electron chi connectivity index (χ4n) is 5.26. The van der Waals surface area contributed by atoms with Gasteiger partial charge in [0.25, 0.3) is 5.82 Å². The molecule has 0 fully saturated rings. The lowest BCUT2D eigenvalue weighted by Crippen LogP contribution is -2.30. The van der Waals surface area contributed by atoms with Crippen LogP contribution in [0.3, 0.4) is 0 Å². The molecular weight excluding hydrogens is 438 g/mol. The molecule has 6 rings (SSSR count). The van der Waals surface area contributed by atoms with Gasteiger partial charge in [0.15, 0.2) is 11.0 Å². The summed E-state index contributed by atoms with van der Waals surface area (Å²) in [6.07, 6.45) is 2.02. The van der Waals surface area contributed by atoms with Gasteiger partial charge in [-0.25, -0.2) is 4.57 Å². The third-order valence-corrected chi connectivity index (χ3v) is 6.93. The predicted molar refractivity (Wildman–Crippen MR) is 148 cm³/mol. The van der Waals surface area contributed by atoms with Gasteiger partial charge in [-0.1, -0.05) is 91.0 Å². The van der Waals surface area contributed by atoms with Crippen LogP contribution in [0.15, 0.2) is 115 Å². The molecule has 0 bridgehead atoms. The van der Waals surface area contributed by atoms with Crippen LogP contribution in [0.2, 0.25) is 0 Å². The second-order valence-corrected chi connectivity index (χ2v) is 9.28. The molecule has 0 amide bonds. The van der Waals surface area contributed by atoms with Crippen molar-refractivity contribution in [1.29, 1.82) is 0 Å². The van der Waals surface area contributed by atoms with Gasteiger partial charge in [-0.05, 0) is 48.7 Å². The van der Waals surface area contributed by atoms with Crippen molar-refractivity contribution in [1.82, 2.24) is 9.55 Å². The number of fused-ring (bicyclic) bond motifs is 1. The standard InChI is InChI=1S/C33H28N3/c1-23-21-24(2)34-22-29(23)33-35(3)30-19-10-11-20-31(30)36(33)32-27(25-13-6-4-7-14-25)17-12-18-28(32)26-15-8-5-9-16-26/h4-22H,1-3H3/q+1. The van der Waals surface area contributed by atoms with Crippen molar-refractivity contribution in [2.45, 2.75) is 13.8 Å². The van der Waals surface area contributed by atoms with Crippen LogP contribution in [0, 0.1) is 13.8 Å². The Labute approximate surface area is 212 Å². The number of hydrogen-bond donors (Lipinski definition) is 0. The van der Waals surface area contributed by atoms with E-state index >= 15 is 0 Å². The van der Waals surface area contributed by atoms with Gasteiger partial charge in [0.05, 0.1) is 12.6 Å². The average molecular weight is 467 g/mol. The van der Waals surface area contributed by atoms with Gasteiger partial charge in [0.1, 0.15) is 5.69 Å². The van der Waals surface area contributed by atoms with E-state index in [9.17, 15) is 0 Å². The highest BCUT2D eigenvalue weighted by Gasteiger charge is 2.30. The Morgan fingerprint density at radius 1 is 0.639 bits per heavy atom. The van der Waals surface area contributed by atoms with Crippen molar-refractivity contribution >= 4 is 11.0 Å². The van der Waals surface area contributed by atoms with Gasteiger partial charge < -0.3 is 0 Å². The molecule has 174 valence electrons. The lowest BCUT2D eigenvalue weighted by atomic mass is 9.95. The van der Waals surface area contributed by atoms with E-state index in [0.717, 1.165) is 22.6 Å². The first-order valence-corrected chi connectivity index (χ1v) is 12.3. The van der Waals surface area contributed by atoms with Crippen molar-refractivity contribution in [2.75, 3.05) is 0 Å². The number of pyridine rings is 1. The summed E-state index contributed by atoms with van der Waals surface area (Å²) in [6.45, 7) is 4.22. The second-order valence-electron chi connectivity index (χ2n) is 9.28. The zero-order valence-electron chi connectivity index (χ0n) is 20.8. The Balaban J connectivity index is 1.80. The van der Waals surface area contributed by atoms with Crippen LogP contribution in [-0.2, 0) is 7.05 Å². The van der Waals surface area contributed by atoms with Gasteiger partial charge in [-0.15, -0.1) is 0 Å². The summed E-state index contributed by atoms with van der Waals surface area (Å²) in [7, 11) is 2.15. The van der Waals surface area contributed by atoms with Crippen LogP contribution in [0.4, 0.5) is 0 Å². The molecule has 0 saturated carbocycles. The van der Waals surface area contributed by atoms with Crippen LogP contribution in [0.5, 0.6) is 0 Å². The van der Waals surface area contributed by atoms with Gasteiger partial charge in [0.2, 0.25) is 0 Å². The third-order valence-electron chi connectivity index (χ3n) is 6.93. The van der Waals surface area contributed by atoms with Crippen molar-refractivity contribution in [3.8, 4) is 39.3 Å². The third kappa shape index (κ3) is 3.61. The number of para-hydroxylation sites is 3. The molecule has 2 heterocycles. The van der Waals surface area contributed by atoms with E-state index < -0.39 is 0 Å². The van der Waals surface area contributed by atoms with E-state index in [2.05, 4.69) is 132 Å². The maximum atomic E-state index is 4.70. The molecule has 0 radical (unpaired) electrons. The molecule has 0 spiro atoms. The second kappa shape index (κ2) is 8.94. The zero-order valence-corrected chi connectivity index (χ0v) is 20.8. The van der Waals surface area contributed by atoms with E-state index in [1.165, 1.54) is 39.0 Å². The molecule has 0 aliphatic rings. The van der Waals surface area contributed by atoms with Crippen LogP contribution < -0.4 is 4.57 Å². The van der Waals surface area contributed by atoms with E-state index in [1.807, 2.05) is 13.1 Å². The van der Waals surface area contributed by atoms with Gasteiger partial charge in [-0.2, -0.15) is 4.57 Å². The number of imidazole rings is 1. The summed E-state index contributed by atoms with van der Waals surface area (Å²) in [5.41, 5.74) is 11.6. The largest absolute Gasteiger partial charge is 0.296 e. The molecule has 2 aromatic heterocycles. The van der Waals surface area contributed by atoms with Crippen molar-refractivity contribution in [3.63, 3.8) is 0 Å². The molecule has 0 N–H and O–H groups in total. The van der Waals surface area contributed by atoms with E-state index in [1.54, 1.807) is 0 Å². The Morgan fingerprint density at radius 2 is 1.22 bits per heavy atom. The van der Waals surface area contributed by atoms with Gasteiger partial charge in [-0.3, -0.25) is 4.98 Å². The molecule has 3 heteroatoms. The van der Waals surface area contributed by atoms with Gasteiger partial charge in [0, 0.05) is 23.0 Å². The lowest BCUT2D eigenvalue weighted by Gasteiger charge is -2.15.